The first-order chi connectivity index (χ1) is 11.8. The SMILES string of the molecule is O=C(NC1CCOCC1)C1CCCN(c2ncnc3[nH]ccc23)C1. The van der Waals surface area contributed by atoms with Gasteiger partial charge in [-0.3, -0.25) is 4.79 Å². The van der Waals surface area contributed by atoms with Gasteiger partial charge < -0.3 is 19.9 Å². The lowest BCUT2D eigenvalue weighted by atomic mass is 9.96. The van der Waals surface area contributed by atoms with Gasteiger partial charge in [-0.15, -0.1) is 0 Å². The Morgan fingerprint density at radius 3 is 3.04 bits per heavy atom. The van der Waals surface area contributed by atoms with Gasteiger partial charge in [0.1, 0.15) is 17.8 Å². The van der Waals surface area contributed by atoms with Crippen molar-refractivity contribution in [3.05, 3.63) is 18.6 Å². The molecule has 7 heteroatoms. The lowest BCUT2D eigenvalue weighted by molar-refractivity contribution is -0.126. The van der Waals surface area contributed by atoms with Gasteiger partial charge in [0.2, 0.25) is 5.91 Å². The maximum absolute atomic E-state index is 12.6. The van der Waals surface area contributed by atoms with E-state index in [1.807, 2.05) is 12.3 Å². The third kappa shape index (κ3) is 3.08. The summed E-state index contributed by atoms with van der Waals surface area (Å²) in [5.74, 6) is 1.11. The van der Waals surface area contributed by atoms with E-state index < -0.39 is 0 Å². The van der Waals surface area contributed by atoms with Crippen LogP contribution in [0.5, 0.6) is 0 Å². The summed E-state index contributed by atoms with van der Waals surface area (Å²) in [4.78, 5) is 26.7. The first-order valence-electron chi connectivity index (χ1n) is 8.72. The number of anilines is 1. The number of amides is 1. The van der Waals surface area contributed by atoms with E-state index >= 15 is 0 Å². The molecule has 0 saturated carbocycles. The van der Waals surface area contributed by atoms with E-state index in [1.165, 1.54) is 0 Å². The number of rotatable bonds is 3. The van der Waals surface area contributed by atoms with Crippen molar-refractivity contribution in [2.24, 2.45) is 5.92 Å². The second-order valence-electron chi connectivity index (χ2n) is 6.62. The van der Waals surface area contributed by atoms with Crippen LogP contribution >= 0.6 is 0 Å². The highest BCUT2D eigenvalue weighted by Gasteiger charge is 2.29. The van der Waals surface area contributed by atoms with Crippen molar-refractivity contribution in [3.63, 3.8) is 0 Å². The fourth-order valence-corrected chi connectivity index (χ4v) is 3.66. The monoisotopic (exact) mass is 329 g/mol. The van der Waals surface area contributed by atoms with Crippen molar-refractivity contribution in [1.29, 1.82) is 0 Å². The van der Waals surface area contributed by atoms with Crippen LogP contribution in [0.2, 0.25) is 0 Å². The molecule has 0 aromatic carbocycles. The average molecular weight is 329 g/mol. The van der Waals surface area contributed by atoms with Crippen molar-refractivity contribution in [2.75, 3.05) is 31.2 Å². The molecule has 0 radical (unpaired) electrons. The van der Waals surface area contributed by atoms with Crippen LogP contribution in [0.3, 0.4) is 0 Å². The Morgan fingerprint density at radius 2 is 2.17 bits per heavy atom. The van der Waals surface area contributed by atoms with Gasteiger partial charge in [-0.25, -0.2) is 9.97 Å². The molecule has 2 aliphatic rings. The van der Waals surface area contributed by atoms with E-state index in [-0.39, 0.29) is 17.9 Å². The molecule has 0 aliphatic carbocycles. The zero-order chi connectivity index (χ0) is 16.4. The number of carbonyl (C=O) groups is 1. The lowest BCUT2D eigenvalue weighted by Crippen LogP contribution is -2.47. The predicted octanol–water partition coefficient (Wildman–Crippen LogP) is 1.47. The van der Waals surface area contributed by atoms with Crippen molar-refractivity contribution >= 4 is 22.8 Å². The highest BCUT2D eigenvalue weighted by molar-refractivity contribution is 5.88. The van der Waals surface area contributed by atoms with Crippen LogP contribution in [-0.2, 0) is 9.53 Å². The Bertz CT molecular complexity index is 710. The number of hydrogen-bond donors (Lipinski definition) is 2. The molecular formula is C17H23N5O2. The molecule has 1 unspecified atom stereocenters. The maximum Gasteiger partial charge on any atom is 0.225 e. The van der Waals surface area contributed by atoms with Gasteiger partial charge >= 0.3 is 0 Å². The van der Waals surface area contributed by atoms with Crippen molar-refractivity contribution in [2.45, 2.75) is 31.7 Å². The Morgan fingerprint density at radius 1 is 1.29 bits per heavy atom. The molecule has 0 bridgehead atoms. The van der Waals surface area contributed by atoms with E-state index in [1.54, 1.807) is 6.33 Å². The Labute approximate surface area is 140 Å². The molecule has 2 aliphatic heterocycles. The van der Waals surface area contributed by atoms with Crippen LogP contribution in [0.15, 0.2) is 18.6 Å². The Hall–Kier alpha value is -2.15. The standard InChI is InChI=1S/C17H23N5O2/c23-17(21-13-4-8-24-9-5-13)12-2-1-7-22(10-12)16-14-3-6-18-15(14)19-11-20-16/h3,6,11-13H,1-2,4-5,7-10H2,(H,21,23)(H,18,19,20). The topological polar surface area (TPSA) is 83.1 Å². The zero-order valence-corrected chi connectivity index (χ0v) is 13.7. The summed E-state index contributed by atoms with van der Waals surface area (Å²) < 4.78 is 5.36. The molecule has 2 saturated heterocycles. The molecule has 24 heavy (non-hydrogen) atoms. The van der Waals surface area contributed by atoms with Gasteiger partial charge in [0.25, 0.3) is 0 Å². The average Bonchev–Trinajstić information content (AvgIpc) is 3.11. The van der Waals surface area contributed by atoms with E-state index in [4.69, 9.17) is 4.74 Å². The molecular weight excluding hydrogens is 306 g/mol. The summed E-state index contributed by atoms with van der Waals surface area (Å²) >= 11 is 0. The number of H-pyrrole nitrogens is 1. The number of aromatic amines is 1. The van der Waals surface area contributed by atoms with E-state index in [2.05, 4.69) is 25.2 Å². The predicted molar refractivity (Wildman–Crippen MR) is 90.8 cm³/mol. The highest BCUT2D eigenvalue weighted by atomic mass is 16.5. The molecule has 2 aromatic rings. The smallest absolute Gasteiger partial charge is 0.225 e. The molecule has 7 nitrogen and oxygen atoms in total. The number of nitrogens with zero attached hydrogens (tertiary/aromatic N) is 3. The molecule has 2 N–H and O–H groups in total. The van der Waals surface area contributed by atoms with Crippen molar-refractivity contribution in [3.8, 4) is 0 Å². The first kappa shape index (κ1) is 15.4. The minimum absolute atomic E-state index is 0.0190. The van der Waals surface area contributed by atoms with Crippen LogP contribution in [0.25, 0.3) is 11.0 Å². The summed E-state index contributed by atoms with van der Waals surface area (Å²) in [5, 5.41) is 4.22. The zero-order valence-electron chi connectivity index (χ0n) is 13.7. The lowest BCUT2D eigenvalue weighted by Gasteiger charge is -2.34. The fourth-order valence-electron chi connectivity index (χ4n) is 3.66. The summed E-state index contributed by atoms with van der Waals surface area (Å²) in [6, 6.07) is 2.26. The summed E-state index contributed by atoms with van der Waals surface area (Å²) in [5.41, 5.74) is 0.841. The van der Waals surface area contributed by atoms with Crippen LogP contribution in [0.4, 0.5) is 5.82 Å². The molecule has 0 spiro atoms. The maximum atomic E-state index is 12.6. The molecule has 128 valence electrons. The van der Waals surface area contributed by atoms with Crippen LogP contribution < -0.4 is 10.2 Å². The summed E-state index contributed by atoms with van der Waals surface area (Å²) in [6.07, 6.45) is 7.23. The van der Waals surface area contributed by atoms with Crippen LogP contribution in [0.1, 0.15) is 25.7 Å². The molecule has 4 heterocycles. The van der Waals surface area contributed by atoms with Gasteiger partial charge in [-0.05, 0) is 31.7 Å². The van der Waals surface area contributed by atoms with E-state index in [0.717, 1.165) is 62.3 Å². The third-order valence-electron chi connectivity index (χ3n) is 4.99. The van der Waals surface area contributed by atoms with E-state index in [0.29, 0.717) is 6.54 Å². The number of fused-ring (bicyclic) bond motifs is 1. The summed E-state index contributed by atoms with van der Waals surface area (Å²) in [6.45, 7) is 3.13. The summed E-state index contributed by atoms with van der Waals surface area (Å²) in [7, 11) is 0. The van der Waals surface area contributed by atoms with Crippen molar-refractivity contribution in [1.82, 2.24) is 20.3 Å². The number of piperidine rings is 1. The van der Waals surface area contributed by atoms with E-state index in [9.17, 15) is 4.79 Å². The first-order valence-corrected chi connectivity index (χ1v) is 8.72. The normalized spacial score (nSPS) is 22.7. The number of carbonyl (C=O) groups excluding carboxylic acids is 1. The van der Waals surface area contributed by atoms with Crippen LogP contribution in [0, 0.1) is 5.92 Å². The Kier molecular flexibility index (Phi) is 4.34. The largest absolute Gasteiger partial charge is 0.381 e. The number of aromatic nitrogens is 3. The molecule has 4 rings (SSSR count). The third-order valence-corrected chi connectivity index (χ3v) is 4.99. The molecule has 2 fully saturated rings. The number of ether oxygens (including phenoxy) is 1. The van der Waals surface area contributed by atoms with Gasteiger partial charge in [0.05, 0.1) is 11.3 Å². The second kappa shape index (κ2) is 6.76. The van der Waals surface area contributed by atoms with Crippen LogP contribution in [-0.4, -0.2) is 53.2 Å². The molecule has 1 amide bonds. The van der Waals surface area contributed by atoms with Crippen molar-refractivity contribution < 1.29 is 9.53 Å². The van der Waals surface area contributed by atoms with Gasteiger partial charge in [0.15, 0.2) is 0 Å². The Balaban J connectivity index is 1.45. The fraction of sp³-hybridized carbons (Fsp3) is 0.588. The molecule has 2 aromatic heterocycles. The number of hydrogen-bond acceptors (Lipinski definition) is 5. The van der Waals surface area contributed by atoms with Gasteiger partial charge in [-0.2, -0.15) is 0 Å². The number of nitrogens with one attached hydrogen (secondary N) is 2. The molecule has 1 atom stereocenters. The van der Waals surface area contributed by atoms with Gasteiger partial charge in [-0.1, -0.05) is 0 Å². The minimum Gasteiger partial charge on any atom is -0.381 e. The minimum atomic E-state index is 0.0190. The highest BCUT2D eigenvalue weighted by Crippen LogP contribution is 2.27. The van der Waals surface area contributed by atoms with Gasteiger partial charge in [0, 0.05) is 38.5 Å². The quantitative estimate of drug-likeness (QED) is 0.891. The second-order valence-corrected chi connectivity index (χ2v) is 6.62.